The number of nitrogens with zero attached hydrogens (tertiary/aromatic N) is 1. The van der Waals surface area contributed by atoms with Crippen molar-refractivity contribution in [3.63, 3.8) is 0 Å². The van der Waals surface area contributed by atoms with E-state index in [1.807, 2.05) is 37.3 Å². The van der Waals surface area contributed by atoms with Crippen molar-refractivity contribution in [2.75, 3.05) is 0 Å². The second-order valence-corrected chi connectivity index (χ2v) is 5.00. The zero-order valence-electron chi connectivity index (χ0n) is 11.8. The molecule has 0 fully saturated rings. The van der Waals surface area contributed by atoms with Gasteiger partial charge in [-0.25, -0.2) is 4.98 Å². The number of imidazole rings is 1. The molecule has 23 heavy (non-hydrogen) atoms. The van der Waals surface area contributed by atoms with Crippen molar-refractivity contribution >= 4 is 0 Å². The van der Waals surface area contributed by atoms with E-state index in [-0.39, 0.29) is 7.43 Å². The smallest absolute Gasteiger partial charge is 0.342 e. The van der Waals surface area contributed by atoms with Gasteiger partial charge in [-0.3, -0.25) is 0 Å². The average molecular weight is 318 g/mol. The Morgan fingerprint density at radius 3 is 2.22 bits per heavy atom. The van der Waals surface area contributed by atoms with Crippen LogP contribution in [0.5, 0.6) is 0 Å². The van der Waals surface area contributed by atoms with Crippen molar-refractivity contribution < 1.29 is 13.2 Å². The molecule has 0 saturated carbocycles. The fourth-order valence-corrected chi connectivity index (χ4v) is 2.32. The molecule has 0 aliphatic carbocycles. The fraction of sp³-hybridized carbons (Fsp3) is 0.167. The number of aromatic amines is 1. The third-order valence-corrected chi connectivity index (χ3v) is 3.40. The fourth-order valence-electron chi connectivity index (χ4n) is 2.32. The lowest BCUT2D eigenvalue weighted by Gasteiger charge is -2.07. The Morgan fingerprint density at radius 1 is 0.913 bits per heavy atom. The molecule has 0 amide bonds. The molecule has 2 nitrogen and oxygen atoms in total. The Kier molecular flexibility index (Phi) is 4.59. The third-order valence-electron chi connectivity index (χ3n) is 3.40. The standard InChI is InChI=1S/C17H13F3N2.CH4/c1-11-15(12-6-3-2-4-7-12)22-16(21-11)13-8-5-9-14(10-13)17(18,19)20;/h2-10H,1H3,(H,21,22);1H4. The van der Waals surface area contributed by atoms with Crippen LogP contribution in [-0.2, 0) is 6.18 Å². The Bertz CT molecular complexity index is 790. The molecule has 0 bridgehead atoms. The lowest BCUT2D eigenvalue weighted by molar-refractivity contribution is -0.137. The molecule has 120 valence electrons. The van der Waals surface area contributed by atoms with E-state index in [2.05, 4.69) is 9.97 Å². The lowest BCUT2D eigenvalue weighted by atomic mass is 10.1. The van der Waals surface area contributed by atoms with Gasteiger partial charge in [0.1, 0.15) is 5.82 Å². The summed E-state index contributed by atoms with van der Waals surface area (Å²) in [5.41, 5.74) is 2.22. The van der Waals surface area contributed by atoms with E-state index in [9.17, 15) is 13.2 Å². The molecule has 5 heteroatoms. The van der Waals surface area contributed by atoms with Crippen LogP contribution in [-0.4, -0.2) is 9.97 Å². The highest BCUT2D eigenvalue weighted by molar-refractivity contribution is 5.67. The molecule has 2 aromatic carbocycles. The molecule has 0 aliphatic rings. The number of H-pyrrole nitrogens is 1. The highest BCUT2D eigenvalue weighted by Crippen LogP contribution is 2.32. The van der Waals surface area contributed by atoms with Crippen LogP contribution >= 0.6 is 0 Å². The molecule has 0 atom stereocenters. The molecular weight excluding hydrogens is 301 g/mol. The number of aromatic nitrogens is 2. The second-order valence-electron chi connectivity index (χ2n) is 5.00. The van der Waals surface area contributed by atoms with Gasteiger partial charge in [-0.1, -0.05) is 49.9 Å². The molecule has 0 aliphatic heterocycles. The number of benzene rings is 2. The molecule has 3 aromatic rings. The lowest BCUT2D eigenvalue weighted by Crippen LogP contribution is -2.04. The highest BCUT2D eigenvalue weighted by atomic mass is 19.4. The van der Waals surface area contributed by atoms with E-state index < -0.39 is 11.7 Å². The summed E-state index contributed by atoms with van der Waals surface area (Å²) in [4.78, 5) is 7.51. The maximum absolute atomic E-state index is 12.8. The van der Waals surface area contributed by atoms with Crippen LogP contribution in [0.25, 0.3) is 22.6 Å². The van der Waals surface area contributed by atoms with Crippen LogP contribution in [0.4, 0.5) is 13.2 Å². The van der Waals surface area contributed by atoms with Crippen LogP contribution in [0.2, 0.25) is 0 Å². The second kappa shape index (κ2) is 6.28. The molecule has 0 unspecified atom stereocenters. The van der Waals surface area contributed by atoms with Gasteiger partial charge in [0.2, 0.25) is 0 Å². The molecule has 1 heterocycles. The van der Waals surface area contributed by atoms with E-state index in [0.717, 1.165) is 29.1 Å². The van der Waals surface area contributed by atoms with Crippen LogP contribution in [0.3, 0.4) is 0 Å². The number of alkyl halides is 3. The summed E-state index contributed by atoms with van der Waals surface area (Å²) in [5.74, 6) is 0.433. The van der Waals surface area contributed by atoms with Gasteiger partial charge in [0.25, 0.3) is 0 Å². The van der Waals surface area contributed by atoms with Gasteiger partial charge in [-0.15, -0.1) is 0 Å². The number of rotatable bonds is 2. The molecule has 1 aromatic heterocycles. The largest absolute Gasteiger partial charge is 0.416 e. The van der Waals surface area contributed by atoms with Crippen molar-refractivity contribution in [2.45, 2.75) is 20.5 Å². The van der Waals surface area contributed by atoms with Gasteiger partial charge >= 0.3 is 6.18 Å². The highest BCUT2D eigenvalue weighted by Gasteiger charge is 2.30. The zero-order valence-corrected chi connectivity index (χ0v) is 11.8. The van der Waals surface area contributed by atoms with E-state index >= 15 is 0 Å². The van der Waals surface area contributed by atoms with Crippen LogP contribution in [0.1, 0.15) is 18.7 Å². The third kappa shape index (κ3) is 3.44. The van der Waals surface area contributed by atoms with Crippen LogP contribution in [0, 0.1) is 6.92 Å². The average Bonchev–Trinajstić information content (AvgIpc) is 2.89. The maximum Gasteiger partial charge on any atom is 0.416 e. The number of halogens is 3. The minimum absolute atomic E-state index is 0. The summed E-state index contributed by atoms with van der Waals surface area (Å²) < 4.78 is 38.4. The van der Waals surface area contributed by atoms with E-state index in [1.165, 1.54) is 6.07 Å². The molecule has 0 spiro atoms. The van der Waals surface area contributed by atoms with Crippen molar-refractivity contribution in [3.05, 3.63) is 65.9 Å². The maximum atomic E-state index is 12.8. The summed E-state index contributed by atoms with van der Waals surface area (Å²) in [5, 5.41) is 0. The normalized spacial score (nSPS) is 11.1. The minimum Gasteiger partial charge on any atom is -0.342 e. The predicted octanol–water partition coefficient (Wildman–Crippen LogP) is 5.71. The summed E-state index contributed by atoms with van der Waals surface area (Å²) in [6.07, 6.45) is -4.36. The van der Waals surface area contributed by atoms with Crippen molar-refractivity contribution in [1.29, 1.82) is 0 Å². The van der Waals surface area contributed by atoms with Crippen molar-refractivity contribution in [2.24, 2.45) is 0 Å². The van der Waals surface area contributed by atoms with Gasteiger partial charge < -0.3 is 4.98 Å². The SMILES string of the molecule is C.Cc1[nH]c(-c2cccc(C(F)(F)F)c2)nc1-c1ccccc1. The quantitative estimate of drug-likeness (QED) is 0.644. The monoisotopic (exact) mass is 318 g/mol. The van der Waals surface area contributed by atoms with Gasteiger partial charge in [0.05, 0.1) is 11.3 Å². The van der Waals surface area contributed by atoms with Gasteiger partial charge in [0.15, 0.2) is 0 Å². The Morgan fingerprint density at radius 2 is 1.57 bits per heavy atom. The zero-order chi connectivity index (χ0) is 15.7. The first-order valence-corrected chi connectivity index (χ1v) is 6.75. The Labute approximate surface area is 133 Å². The Hall–Kier alpha value is -2.56. The number of aryl methyl sites for hydroxylation is 1. The minimum atomic E-state index is -4.36. The number of hydrogen-bond acceptors (Lipinski definition) is 1. The molecule has 3 rings (SSSR count). The van der Waals surface area contributed by atoms with Gasteiger partial charge in [-0.2, -0.15) is 13.2 Å². The van der Waals surface area contributed by atoms with Gasteiger partial charge in [-0.05, 0) is 19.1 Å². The molecule has 0 radical (unpaired) electrons. The Balaban J connectivity index is 0.00000192. The van der Waals surface area contributed by atoms with E-state index in [1.54, 1.807) is 6.07 Å². The summed E-state index contributed by atoms with van der Waals surface area (Å²) >= 11 is 0. The van der Waals surface area contributed by atoms with Crippen molar-refractivity contribution in [1.82, 2.24) is 9.97 Å². The van der Waals surface area contributed by atoms with Crippen LogP contribution < -0.4 is 0 Å². The first-order chi connectivity index (χ1) is 10.4. The summed E-state index contributed by atoms with van der Waals surface area (Å²) in [6, 6.07) is 14.7. The summed E-state index contributed by atoms with van der Waals surface area (Å²) in [7, 11) is 0. The first-order valence-electron chi connectivity index (χ1n) is 6.75. The molecule has 0 saturated heterocycles. The number of hydrogen-bond donors (Lipinski definition) is 1. The van der Waals surface area contributed by atoms with Gasteiger partial charge in [0, 0.05) is 16.8 Å². The summed E-state index contributed by atoms with van der Waals surface area (Å²) in [6.45, 7) is 1.85. The van der Waals surface area contributed by atoms with E-state index in [0.29, 0.717) is 11.4 Å². The first kappa shape index (κ1) is 16.8. The van der Waals surface area contributed by atoms with Crippen LogP contribution in [0.15, 0.2) is 54.6 Å². The number of nitrogens with one attached hydrogen (secondary N) is 1. The van der Waals surface area contributed by atoms with Crippen molar-refractivity contribution in [3.8, 4) is 22.6 Å². The van der Waals surface area contributed by atoms with E-state index in [4.69, 9.17) is 0 Å². The topological polar surface area (TPSA) is 28.7 Å². The molecule has 1 N–H and O–H groups in total. The predicted molar refractivity (Wildman–Crippen MR) is 85.9 cm³/mol. The molecular formula is C18H17F3N2.